The minimum atomic E-state index is -4.47. The zero-order chi connectivity index (χ0) is 20.5. The lowest BCUT2D eigenvalue weighted by Gasteiger charge is -2.25. The molecule has 0 unspecified atom stereocenters. The highest BCUT2D eigenvalue weighted by atomic mass is 35.5. The number of fused-ring (bicyclic) bond motifs is 1. The van der Waals surface area contributed by atoms with Gasteiger partial charge >= 0.3 is 7.60 Å². The quantitative estimate of drug-likeness (QED) is 0.540. The monoisotopic (exact) mass is 461 g/mol. The number of hydrogen-bond acceptors (Lipinski definition) is 5. The lowest BCUT2D eigenvalue weighted by atomic mass is 10.2. The van der Waals surface area contributed by atoms with Gasteiger partial charge in [0.15, 0.2) is 0 Å². The molecular weight excluding hydrogens is 448 g/mol. The van der Waals surface area contributed by atoms with Crippen molar-refractivity contribution in [1.82, 2.24) is 9.97 Å². The van der Waals surface area contributed by atoms with Crippen molar-refractivity contribution in [3.63, 3.8) is 0 Å². The second-order valence-electron chi connectivity index (χ2n) is 5.81. The molecule has 8 nitrogen and oxygen atoms in total. The van der Waals surface area contributed by atoms with Gasteiger partial charge in [0, 0.05) is 28.2 Å². The van der Waals surface area contributed by atoms with Crippen molar-refractivity contribution in [3.8, 4) is 0 Å². The van der Waals surface area contributed by atoms with E-state index in [1.54, 1.807) is 12.1 Å². The van der Waals surface area contributed by atoms with Gasteiger partial charge in [0.1, 0.15) is 6.33 Å². The van der Waals surface area contributed by atoms with Crippen molar-refractivity contribution in [2.75, 3.05) is 17.0 Å². The number of hydrogen-bond donors (Lipinski definition) is 2. The van der Waals surface area contributed by atoms with E-state index in [-0.39, 0.29) is 20.6 Å². The molecule has 3 aromatic rings. The van der Waals surface area contributed by atoms with Gasteiger partial charge in [0.05, 0.1) is 22.3 Å². The molecule has 12 heteroatoms. The number of anilines is 1. The largest absolute Gasteiger partial charge is 0.327 e. The van der Waals surface area contributed by atoms with Crippen LogP contribution in [0.25, 0.3) is 10.9 Å². The molecule has 0 radical (unpaired) electrons. The highest BCUT2D eigenvalue weighted by Crippen LogP contribution is 2.37. The van der Waals surface area contributed by atoms with E-state index in [4.69, 9.17) is 23.2 Å². The summed E-state index contributed by atoms with van der Waals surface area (Å²) in [5.41, 5.74) is 0.476. The van der Waals surface area contributed by atoms with Crippen molar-refractivity contribution in [1.29, 1.82) is 0 Å². The molecule has 0 aliphatic rings. The van der Waals surface area contributed by atoms with E-state index >= 15 is 0 Å². The molecule has 1 heterocycles. The molecule has 2 aromatic carbocycles. The van der Waals surface area contributed by atoms with E-state index in [9.17, 15) is 22.8 Å². The highest BCUT2D eigenvalue weighted by molar-refractivity contribution is 7.92. The van der Waals surface area contributed by atoms with Crippen LogP contribution in [0.4, 0.5) is 5.69 Å². The van der Waals surface area contributed by atoms with E-state index in [0.717, 1.165) is 4.31 Å². The van der Waals surface area contributed by atoms with Crippen LogP contribution < -0.4 is 4.31 Å². The molecule has 28 heavy (non-hydrogen) atoms. The number of benzene rings is 2. The van der Waals surface area contributed by atoms with Gasteiger partial charge in [-0.05, 0) is 24.3 Å². The van der Waals surface area contributed by atoms with Crippen LogP contribution in [0.1, 0.15) is 0 Å². The predicted molar refractivity (Wildman–Crippen MR) is 107 cm³/mol. The summed E-state index contributed by atoms with van der Waals surface area (Å²) >= 11 is 11.9. The lowest BCUT2D eigenvalue weighted by molar-refractivity contribution is 0.373. The van der Waals surface area contributed by atoms with Crippen molar-refractivity contribution >= 4 is 57.4 Å². The van der Waals surface area contributed by atoms with Gasteiger partial charge in [-0.2, -0.15) is 0 Å². The Balaban J connectivity index is 2.20. The minimum absolute atomic E-state index is 0.112. The molecule has 0 aliphatic carbocycles. The number of para-hydroxylation sites is 1. The molecule has 0 aliphatic heterocycles. The molecule has 0 bridgehead atoms. The Kier molecular flexibility index (Phi) is 5.95. The molecule has 0 spiro atoms. The van der Waals surface area contributed by atoms with Gasteiger partial charge in [0.2, 0.25) is 0 Å². The van der Waals surface area contributed by atoms with Crippen molar-refractivity contribution in [2.24, 2.45) is 0 Å². The SMILES string of the molecule is O=P(O)(O)CCN(c1cccc2cncnc12)S(=O)(=O)c1cc(Cl)cc(Cl)c1. The Bertz CT molecular complexity index is 1160. The molecule has 148 valence electrons. The molecular formula is C16H14Cl2N3O5PS. The van der Waals surface area contributed by atoms with Gasteiger partial charge < -0.3 is 9.79 Å². The summed E-state index contributed by atoms with van der Waals surface area (Å²) in [5, 5.41) is 0.794. The van der Waals surface area contributed by atoms with Crippen LogP contribution in [-0.4, -0.2) is 40.9 Å². The molecule has 0 amide bonds. The van der Waals surface area contributed by atoms with Crippen LogP contribution in [0.5, 0.6) is 0 Å². The molecule has 3 rings (SSSR count). The van der Waals surface area contributed by atoms with E-state index in [0.29, 0.717) is 10.9 Å². The number of aromatic nitrogens is 2. The zero-order valence-electron chi connectivity index (χ0n) is 14.1. The summed E-state index contributed by atoms with van der Waals surface area (Å²) in [6, 6.07) is 8.61. The first kappa shape index (κ1) is 21.0. The zero-order valence-corrected chi connectivity index (χ0v) is 17.3. The Morgan fingerprint density at radius 2 is 1.79 bits per heavy atom. The fourth-order valence-electron chi connectivity index (χ4n) is 2.60. The summed E-state index contributed by atoms with van der Waals surface area (Å²) < 4.78 is 38.9. The van der Waals surface area contributed by atoms with Crippen LogP contribution >= 0.6 is 30.8 Å². The first-order valence-corrected chi connectivity index (χ1v) is 11.8. The van der Waals surface area contributed by atoms with Gasteiger partial charge in [-0.3, -0.25) is 8.87 Å². The van der Waals surface area contributed by atoms with E-state index in [1.165, 1.54) is 36.8 Å². The Labute approximate surface area is 171 Å². The number of sulfonamides is 1. The topological polar surface area (TPSA) is 121 Å². The molecule has 2 N–H and O–H groups in total. The van der Waals surface area contributed by atoms with Gasteiger partial charge in [0.25, 0.3) is 10.0 Å². The number of rotatable bonds is 6. The standard InChI is InChI=1S/C16H14Cl2N3O5PS/c17-12-6-13(18)8-14(7-12)28(25,26)21(4-5-27(22,23)24)15-3-1-2-11-9-19-10-20-16(11)15/h1-3,6-10H,4-5H2,(H2,22,23,24). The summed E-state index contributed by atoms with van der Waals surface area (Å²) in [6.45, 7) is -0.472. The van der Waals surface area contributed by atoms with Gasteiger partial charge in [-0.25, -0.2) is 18.4 Å². The van der Waals surface area contributed by atoms with E-state index < -0.39 is 30.3 Å². The smallest absolute Gasteiger partial charge is 0.324 e. The maximum Gasteiger partial charge on any atom is 0.327 e. The first-order chi connectivity index (χ1) is 13.1. The first-order valence-electron chi connectivity index (χ1n) is 7.80. The van der Waals surface area contributed by atoms with Crippen LogP contribution in [0.3, 0.4) is 0 Å². The molecule has 1 aromatic heterocycles. The average molecular weight is 462 g/mol. The molecule has 0 saturated carbocycles. The van der Waals surface area contributed by atoms with Crippen molar-refractivity contribution in [2.45, 2.75) is 4.90 Å². The van der Waals surface area contributed by atoms with Gasteiger partial charge in [-0.1, -0.05) is 35.3 Å². The second-order valence-corrected chi connectivity index (χ2v) is 10.3. The second kappa shape index (κ2) is 7.94. The maximum atomic E-state index is 13.3. The summed E-state index contributed by atoms with van der Waals surface area (Å²) in [7, 11) is -8.72. The van der Waals surface area contributed by atoms with Crippen LogP contribution in [0.2, 0.25) is 10.0 Å². The molecule has 0 atom stereocenters. The van der Waals surface area contributed by atoms with Crippen LogP contribution in [0.15, 0.2) is 53.8 Å². The summed E-state index contributed by atoms with van der Waals surface area (Å²) in [5.74, 6) is 0. The maximum absolute atomic E-state index is 13.3. The highest BCUT2D eigenvalue weighted by Gasteiger charge is 2.29. The molecule has 0 saturated heterocycles. The average Bonchev–Trinajstić information content (AvgIpc) is 2.60. The third kappa shape index (κ3) is 4.63. The van der Waals surface area contributed by atoms with Crippen LogP contribution in [-0.2, 0) is 14.6 Å². The normalized spacial score (nSPS) is 12.3. The Morgan fingerprint density at radius 1 is 1.11 bits per heavy atom. The Morgan fingerprint density at radius 3 is 2.43 bits per heavy atom. The molecule has 0 fully saturated rings. The summed E-state index contributed by atoms with van der Waals surface area (Å²) in [4.78, 5) is 26.4. The third-order valence-corrected chi connectivity index (χ3v) is 6.81. The third-order valence-electron chi connectivity index (χ3n) is 3.80. The van der Waals surface area contributed by atoms with E-state index in [2.05, 4.69) is 9.97 Å². The number of nitrogens with zero attached hydrogens (tertiary/aromatic N) is 3. The minimum Gasteiger partial charge on any atom is -0.324 e. The fraction of sp³-hybridized carbons (Fsp3) is 0.125. The van der Waals surface area contributed by atoms with Crippen LogP contribution in [0, 0.1) is 0 Å². The van der Waals surface area contributed by atoms with Crippen molar-refractivity contribution in [3.05, 3.63) is 59.0 Å². The fourth-order valence-corrected chi connectivity index (χ4v) is 5.39. The van der Waals surface area contributed by atoms with E-state index in [1.807, 2.05) is 0 Å². The van der Waals surface area contributed by atoms with Crippen molar-refractivity contribution < 1.29 is 22.8 Å². The number of halogens is 2. The summed E-state index contributed by atoms with van der Waals surface area (Å²) in [6.07, 6.45) is 2.09. The predicted octanol–water partition coefficient (Wildman–Crippen LogP) is 3.31. The lowest BCUT2D eigenvalue weighted by Crippen LogP contribution is -2.34. The van der Waals surface area contributed by atoms with Gasteiger partial charge in [-0.15, -0.1) is 0 Å². The Hall–Kier alpha value is -1.74.